The highest BCUT2D eigenvalue weighted by Crippen LogP contribution is 2.32. The maximum atomic E-state index is 13.6. The molecular formula is C33H37NO4. The maximum Gasteiger partial charge on any atom is 0.224 e. The average molecular weight is 512 g/mol. The number of amides is 1. The highest BCUT2D eigenvalue weighted by atomic mass is 16.3. The molecule has 198 valence electrons. The minimum atomic E-state index is -0.782. The van der Waals surface area contributed by atoms with Crippen LogP contribution in [0.15, 0.2) is 66.7 Å². The lowest BCUT2D eigenvalue weighted by atomic mass is 9.82. The first-order chi connectivity index (χ1) is 18.4. The van der Waals surface area contributed by atoms with Crippen LogP contribution in [0.1, 0.15) is 76.0 Å². The van der Waals surface area contributed by atoms with Crippen molar-refractivity contribution in [3.63, 3.8) is 0 Å². The minimum Gasteiger partial charge on any atom is -0.393 e. The number of carbonyl (C=O) groups is 2. The van der Waals surface area contributed by atoms with E-state index in [-0.39, 0.29) is 18.1 Å². The Labute approximate surface area is 224 Å². The summed E-state index contributed by atoms with van der Waals surface area (Å²) in [6, 6.07) is 21.3. The number of Topliss-reactive ketones (excluding diaryl/α,β-unsaturated/α-hetero) is 1. The Morgan fingerprint density at radius 2 is 1.66 bits per heavy atom. The molecule has 3 aromatic rings. The molecule has 0 radical (unpaired) electrons. The Balaban J connectivity index is 1.35. The van der Waals surface area contributed by atoms with E-state index in [1.165, 1.54) is 5.56 Å². The molecule has 0 heterocycles. The number of rotatable bonds is 9. The smallest absolute Gasteiger partial charge is 0.224 e. The SMILES string of the molecule is CC(=O)c1c(C[C@@H](O)CC(Cc2ccccc2)C(=O)N[C@H]2c3ccccc3C[C@H]2O)ccc2c1CCCC2. The second-order valence-corrected chi connectivity index (χ2v) is 10.9. The van der Waals surface area contributed by atoms with Gasteiger partial charge in [-0.15, -0.1) is 0 Å². The van der Waals surface area contributed by atoms with Crippen molar-refractivity contribution in [1.29, 1.82) is 0 Å². The van der Waals surface area contributed by atoms with Crippen LogP contribution in [0.25, 0.3) is 0 Å². The zero-order chi connectivity index (χ0) is 26.6. The van der Waals surface area contributed by atoms with Crippen LogP contribution in [0.5, 0.6) is 0 Å². The van der Waals surface area contributed by atoms with Gasteiger partial charge in [-0.25, -0.2) is 0 Å². The van der Waals surface area contributed by atoms with E-state index in [9.17, 15) is 19.8 Å². The van der Waals surface area contributed by atoms with Gasteiger partial charge in [0, 0.05) is 17.9 Å². The van der Waals surface area contributed by atoms with Crippen LogP contribution in [0.4, 0.5) is 0 Å². The van der Waals surface area contributed by atoms with Crippen LogP contribution >= 0.6 is 0 Å². The van der Waals surface area contributed by atoms with Gasteiger partial charge in [0.2, 0.25) is 5.91 Å². The molecule has 3 N–H and O–H groups in total. The molecule has 0 saturated heterocycles. The van der Waals surface area contributed by atoms with Crippen molar-refractivity contribution in [3.05, 3.63) is 106 Å². The number of aliphatic hydroxyl groups excluding tert-OH is 2. The van der Waals surface area contributed by atoms with Gasteiger partial charge in [0.1, 0.15) is 0 Å². The number of benzene rings is 3. The van der Waals surface area contributed by atoms with Crippen LogP contribution in [0.3, 0.4) is 0 Å². The maximum absolute atomic E-state index is 13.6. The van der Waals surface area contributed by atoms with Gasteiger partial charge in [-0.2, -0.15) is 0 Å². The third kappa shape index (κ3) is 5.74. The molecule has 2 aliphatic rings. The van der Waals surface area contributed by atoms with Crippen molar-refractivity contribution in [3.8, 4) is 0 Å². The van der Waals surface area contributed by atoms with Gasteiger partial charge in [-0.3, -0.25) is 9.59 Å². The van der Waals surface area contributed by atoms with E-state index in [0.717, 1.165) is 59.1 Å². The van der Waals surface area contributed by atoms with Crippen molar-refractivity contribution in [2.75, 3.05) is 0 Å². The van der Waals surface area contributed by atoms with E-state index in [2.05, 4.69) is 11.4 Å². The minimum absolute atomic E-state index is 0.0402. The molecule has 1 unspecified atom stereocenters. The van der Waals surface area contributed by atoms with Crippen LogP contribution < -0.4 is 5.32 Å². The first kappa shape index (κ1) is 26.3. The van der Waals surface area contributed by atoms with Crippen LogP contribution in [0.2, 0.25) is 0 Å². The molecule has 0 aromatic heterocycles. The summed E-state index contributed by atoms with van der Waals surface area (Å²) in [6.45, 7) is 1.61. The zero-order valence-electron chi connectivity index (χ0n) is 22.0. The van der Waals surface area contributed by atoms with E-state index in [0.29, 0.717) is 19.3 Å². The van der Waals surface area contributed by atoms with Gasteiger partial charge in [0.25, 0.3) is 0 Å². The normalized spacial score (nSPS) is 19.8. The Kier molecular flexibility index (Phi) is 8.06. The van der Waals surface area contributed by atoms with Crippen molar-refractivity contribution in [2.24, 2.45) is 5.92 Å². The lowest BCUT2D eigenvalue weighted by Gasteiger charge is -2.25. The second kappa shape index (κ2) is 11.6. The number of aryl methyl sites for hydroxylation is 1. The van der Waals surface area contributed by atoms with E-state index >= 15 is 0 Å². The van der Waals surface area contributed by atoms with Crippen LogP contribution in [-0.4, -0.2) is 34.1 Å². The van der Waals surface area contributed by atoms with Crippen molar-refractivity contribution in [1.82, 2.24) is 5.32 Å². The lowest BCUT2D eigenvalue weighted by molar-refractivity contribution is -0.127. The molecule has 5 nitrogen and oxygen atoms in total. The molecule has 0 bridgehead atoms. The molecule has 2 aliphatic carbocycles. The summed E-state index contributed by atoms with van der Waals surface area (Å²) in [5, 5.41) is 25.0. The van der Waals surface area contributed by atoms with Gasteiger partial charge in [-0.1, -0.05) is 66.7 Å². The molecule has 1 amide bonds. The predicted molar refractivity (Wildman–Crippen MR) is 148 cm³/mol. The Hall–Kier alpha value is -3.28. The lowest BCUT2D eigenvalue weighted by Crippen LogP contribution is -2.39. The molecule has 3 aromatic carbocycles. The van der Waals surface area contributed by atoms with Crippen LogP contribution in [-0.2, 0) is 36.9 Å². The molecule has 5 heteroatoms. The first-order valence-electron chi connectivity index (χ1n) is 13.8. The molecule has 5 rings (SSSR count). The molecule has 38 heavy (non-hydrogen) atoms. The largest absolute Gasteiger partial charge is 0.393 e. The fraction of sp³-hybridized carbons (Fsp3) is 0.394. The summed E-state index contributed by atoms with van der Waals surface area (Å²) in [5.74, 6) is -0.616. The molecule has 4 atom stereocenters. The van der Waals surface area contributed by atoms with E-state index < -0.39 is 24.2 Å². The van der Waals surface area contributed by atoms with Crippen molar-refractivity contribution >= 4 is 11.7 Å². The summed E-state index contributed by atoms with van der Waals surface area (Å²) in [4.78, 5) is 26.3. The fourth-order valence-electron chi connectivity index (χ4n) is 6.35. The topological polar surface area (TPSA) is 86.6 Å². The van der Waals surface area contributed by atoms with E-state index in [1.807, 2.05) is 60.7 Å². The average Bonchev–Trinajstić information content (AvgIpc) is 3.23. The third-order valence-corrected chi connectivity index (χ3v) is 8.18. The Morgan fingerprint density at radius 1 is 0.921 bits per heavy atom. The number of hydrogen-bond acceptors (Lipinski definition) is 4. The first-order valence-corrected chi connectivity index (χ1v) is 13.8. The van der Waals surface area contributed by atoms with Gasteiger partial charge in [0.15, 0.2) is 5.78 Å². The Morgan fingerprint density at radius 3 is 2.45 bits per heavy atom. The van der Waals surface area contributed by atoms with Gasteiger partial charge in [-0.05, 0) is 85.3 Å². The highest BCUT2D eigenvalue weighted by Gasteiger charge is 2.34. The third-order valence-electron chi connectivity index (χ3n) is 8.18. The summed E-state index contributed by atoms with van der Waals surface area (Å²) in [7, 11) is 0. The van der Waals surface area contributed by atoms with E-state index in [1.54, 1.807) is 6.92 Å². The quantitative estimate of drug-likeness (QED) is 0.364. The number of fused-ring (bicyclic) bond motifs is 2. The summed E-state index contributed by atoms with van der Waals surface area (Å²) >= 11 is 0. The summed E-state index contributed by atoms with van der Waals surface area (Å²) in [6.07, 6.45) is 4.25. The number of carbonyl (C=O) groups excluding carboxylic acids is 2. The highest BCUT2D eigenvalue weighted by molar-refractivity contribution is 5.97. The number of ketones is 1. The van der Waals surface area contributed by atoms with Gasteiger partial charge in [0.05, 0.1) is 18.2 Å². The number of nitrogens with one attached hydrogen (secondary N) is 1. The summed E-state index contributed by atoms with van der Waals surface area (Å²) < 4.78 is 0. The molecule has 0 saturated carbocycles. The van der Waals surface area contributed by atoms with Crippen molar-refractivity contribution < 1.29 is 19.8 Å². The number of aliphatic hydroxyl groups is 2. The fourth-order valence-corrected chi connectivity index (χ4v) is 6.35. The van der Waals surface area contributed by atoms with E-state index in [4.69, 9.17) is 0 Å². The molecule has 0 fully saturated rings. The van der Waals surface area contributed by atoms with Crippen LogP contribution in [0, 0.1) is 5.92 Å². The Bertz CT molecular complexity index is 1300. The van der Waals surface area contributed by atoms with Crippen molar-refractivity contribution in [2.45, 2.75) is 76.5 Å². The predicted octanol–water partition coefficient (Wildman–Crippen LogP) is 4.69. The number of hydrogen-bond donors (Lipinski definition) is 3. The van der Waals surface area contributed by atoms with Gasteiger partial charge < -0.3 is 15.5 Å². The molecule has 0 spiro atoms. The summed E-state index contributed by atoms with van der Waals surface area (Å²) in [5.41, 5.74) is 7.03. The van der Waals surface area contributed by atoms with Gasteiger partial charge >= 0.3 is 0 Å². The second-order valence-electron chi connectivity index (χ2n) is 10.9. The monoisotopic (exact) mass is 511 g/mol. The molecule has 0 aliphatic heterocycles. The molecular weight excluding hydrogens is 474 g/mol. The standard InChI is InChI=1S/C33H37NO4/c1-21(35)31-25(16-15-23-11-5-7-13-28(23)31)18-27(36)19-26(17-22-9-3-2-4-10-22)33(38)34-32-29-14-8-6-12-24(29)20-30(32)37/h2-4,6,8-10,12,14-16,26-27,30,32,36-37H,5,7,11,13,17-20H2,1H3,(H,34,38)/t26?,27-,30-,32+/m1/s1. The zero-order valence-corrected chi connectivity index (χ0v) is 22.0.